The third-order valence-electron chi connectivity index (χ3n) is 9.64. The number of benzene rings is 1. The predicted octanol–water partition coefficient (Wildman–Crippen LogP) is -4.59. The van der Waals surface area contributed by atoms with Gasteiger partial charge < -0.3 is 84.2 Å². The van der Waals surface area contributed by atoms with Crippen LogP contribution in [0, 0.1) is 5.92 Å². The van der Waals surface area contributed by atoms with E-state index < -0.39 is 104 Å². The summed E-state index contributed by atoms with van der Waals surface area (Å²) in [5.74, 6) is -1.70. The lowest BCUT2D eigenvalue weighted by Crippen LogP contribution is -2.67. The number of hydrogen-bond acceptors (Lipinski definition) is 16. The van der Waals surface area contributed by atoms with Crippen molar-refractivity contribution < 1.29 is 53.7 Å². The number of nitrogen functional groups attached to an aromatic ring is 1. The predicted molar refractivity (Wildman–Crippen MR) is 182 cm³/mol. The van der Waals surface area contributed by atoms with E-state index in [2.05, 4.69) is 10.3 Å². The molecule has 0 bridgehead atoms. The first-order chi connectivity index (χ1) is 24.3. The molecule has 2 aliphatic heterocycles. The molecular weight excluding hydrogens is 675 g/mol. The number of hydrogen-bond donors (Lipinski definition) is 12. The highest BCUT2D eigenvalue weighted by atomic mass is 19.1. The molecule has 1 aromatic carbocycles. The third kappa shape index (κ3) is 10.5. The SMILES string of the molecule is NCC[C@H](O)C(=O)C[C@@H]1CC(N)[C@@H](O[C@H]2OC(CN)[C@@H](O)CC2N)[C@H](F)C1OC1O[C@H](CO)[C@@H](O)C(NC(N)=NCCc2ccc(N)cc2)[C@H]1O. The minimum absolute atomic E-state index is 0.0180. The second-order valence-corrected chi connectivity index (χ2v) is 13.4. The Morgan fingerprint density at radius 3 is 2.31 bits per heavy atom. The summed E-state index contributed by atoms with van der Waals surface area (Å²) in [6.45, 7) is -0.473. The molecule has 290 valence electrons. The Balaban J connectivity index is 1.53. The number of nitrogens with zero attached hydrogens (tertiary/aromatic N) is 1. The number of halogens is 1. The lowest BCUT2D eigenvalue weighted by molar-refractivity contribution is -0.315. The standard InChI is InChI=1S/C32H55FN8O10/c33-24-28(15(10-20(44)19(43)5-7-34)9-17(37)29(24)51-30-18(38)11-21(45)22(12-35)48-30)50-31-27(47)25(26(46)23(13-42)49-31)41-32(39)40-8-6-14-1-3-16(36)4-2-14/h1-4,15,17-19,21-31,42-43,45-47H,5-13,34-38H2,(H3,39,40,41)/t15-,17?,18?,19-,21-,22?,23+,24+,25?,26+,27+,28?,29+,30+,31?/m0/s1. The van der Waals surface area contributed by atoms with Gasteiger partial charge >= 0.3 is 0 Å². The van der Waals surface area contributed by atoms with Gasteiger partial charge in [-0.2, -0.15) is 0 Å². The van der Waals surface area contributed by atoms with Crippen LogP contribution in [-0.2, 0) is 30.2 Å². The van der Waals surface area contributed by atoms with E-state index in [9.17, 15) is 30.3 Å². The zero-order valence-electron chi connectivity index (χ0n) is 28.4. The fraction of sp³-hybridized carbons (Fsp3) is 0.750. The number of nitrogens with one attached hydrogen (secondary N) is 1. The summed E-state index contributed by atoms with van der Waals surface area (Å²) >= 11 is 0. The first kappa shape index (κ1) is 41.1. The van der Waals surface area contributed by atoms with Crippen molar-refractivity contribution in [2.24, 2.45) is 39.6 Å². The minimum Gasteiger partial charge on any atom is -0.399 e. The van der Waals surface area contributed by atoms with Crippen molar-refractivity contribution in [1.82, 2.24) is 5.32 Å². The van der Waals surface area contributed by atoms with E-state index in [1.54, 1.807) is 12.1 Å². The Hall–Kier alpha value is -2.63. The van der Waals surface area contributed by atoms with E-state index in [0.29, 0.717) is 12.1 Å². The van der Waals surface area contributed by atoms with Gasteiger partial charge in [-0.15, -0.1) is 0 Å². The Bertz CT molecular complexity index is 1270. The van der Waals surface area contributed by atoms with Crippen molar-refractivity contribution in [3.63, 3.8) is 0 Å². The molecule has 1 saturated carbocycles. The number of Topliss-reactive ketones (excluding diaryl/α,β-unsaturated/α-hetero) is 1. The van der Waals surface area contributed by atoms with Crippen molar-refractivity contribution in [2.45, 2.75) is 118 Å². The molecule has 18 nitrogen and oxygen atoms in total. The molecule has 4 rings (SSSR count). The zero-order chi connectivity index (χ0) is 37.4. The first-order valence-corrected chi connectivity index (χ1v) is 17.2. The molecule has 51 heavy (non-hydrogen) atoms. The molecule has 1 aromatic rings. The van der Waals surface area contributed by atoms with E-state index >= 15 is 4.39 Å². The van der Waals surface area contributed by atoms with Crippen molar-refractivity contribution >= 4 is 17.4 Å². The fourth-order valence-electron chi connectivity index (χ4n) is 6.71. The smallest absolute Gasteiger partial charge is 0.188 e. The van der Waals surface area contributed by atoms with Crippen LogP contribution in [0.1, 0.15) is 31.2 Å². The largest absolute Gasteiger partial charge is 0.399 e. The Morgan fingerprint density at radius 1 is 1.00 bits per heavy atom. The highest BCUT2D eigenvalue weighted by molar-refractivity contribution is 5.83. The maximum atomic E-state index is 16.7. The second-order valence-electron chi connectivity index (χ2n) is 13.4. The van der Waals surface area contributed by atoms with Gasteiger partial charge in [0.15, 0.2) is 30.5 Å². The topological polar surface area (TPSA) is 336 Å². The van der Waals surface area contributed by atoms with Crippen LogP contribution in [0.25, 0.3) is 0 Å². The summed E-state index contributed by atoms with van der Waals surface area (Å²) in [4.78, 5) is 17.2. The van der Waals surface area contributed by atoms with E-state index in [1.165, 1.54) is 0 Å². The third-order valence-corrected chi connectivity index (χ3v) is 9.64. The number of anilines is 1. The highest BCUT2D eigenvalue weighted by Gasteiger charge is 2.52. The lowest BCUT2D eigenvalue weighted by Gasteiger charge is -2.48. The first-order valence-electron chi connectivity index (χ1n) is 17.2. The van der Waals surface area contributed by atoms with Gasteiger partial charge in [0.05, 0.1) is 37.0 Å². The number of alkyl halides is 1. The summed E-state index contributed by atoms with van der Waals surface area (Å²) in [6.07, 6.45) is -15.4. The zero-order valence-corrected chi connectivity index (χ0v) is 28.4. The number of aliphatic imine (C=N–C) groups is 1. The monoisotopic (exact) mass is 730 g/mol. The second kappa shape index (κ2) is 18.9. The van der Waals surface area contributed by atoms with E-state index in [4.69, 9.17) is 53.3 Å². The summed E-state index contributed by atoms with van der Waals surface area (Å²) in [6, 6.07) is 4.04. The maximum absolute atomic E-state index is 16.7. The molecule has 2 saturated heterocycles. The summed E-state index contributed by atoms with van der Waals surface area (Å²) in [5.41, 5.74) is 37.2. The van der Waals surface area contributed by atoms with Crippen LogP contribution in [-0.4, -0.2) is 149 Å². The van der Waals surface area contributed by atoms with Crippen molar-refractivity contribution in [3.8, 4) is 0 Å². The molecule has 19 heteroatoms. The number of aliphatic hydroxyl groups excluding tert-OH is 5. The number of carbonyl (C=O) groups excluding carboxylic acids is 1. The molecule has 0 aromatic heterocycles. The number of nitrogens with two attached hydrogens (primary N) is 6. The van der Waals surface area contributed by atoms with E-state index in [1.807, 2.05) is 12.1 Å². The minimum atomic E-state index is -2.07. The fourth-order valence-corrected chi connectivity index (χ4v) is 6.71. The van der Waals surface area contributed by atoms with Crippen LogP contribution in [0.2, 0.25) is 0 Å². The Kier molecular flexibility index (Phi) is 15.3. The van der Waals surface area contributed by atoms with Crippen molar-refractivity contribution in [2.75, 3.05) is 32.0 Å². The average Bonchev–Trinajstić information content (AvgIpc) is 3.09. The number of ether oxygens (including phenoxy) is 4. The maximum Gasteiger partial charge on any atom is 0.188 e. The average molecular weight is 731 g/mol. The number of ketones is 1. The molecule has 1 aliphatic carbocycles. The van der Waals surface area contributed by atoms with E-state index in [0.717, 1.165) is 5.56 Å². The molecule has 3 aliphatic rings. The molecule has 15 atom stereocenters. The van der Waals surface area contributed by atoms with E-state index in [-0.39, 0.29) is 51.3 Å². The lowest BCUT2D eigenvalue weighted by atomic mass is 9.77. The molecule has 6 unspecified atom stereocenters. The molecule has 0 radical (unpaired) electrons. The number of guanidine groups is 1. The van der Waals surface area contributed by atoms with Crippen LogP contribution >= 0.6 is 0 Å². The van der Waals surface area contributed by atoms with Crippen LogP contribution in [0.5, 0.6) is 0 Å². The van der Waals surface area contributed by atoms with Crippen molar-refractivity contribution in [1.29, 1.82) is 0 Å². The van der Waals surface area contributed by atoms with Gasteiger partial charge in [-0.25, -0.2) is 4.39 Å². The Morgan fingerprint density at radius 2 is 1.67 bits per heavy atom. The number of aliphatic hydroxyl groups is 5. The quantitative estimate of drug-likeness (QED) is 0.0459. The normalized spacial score (nSPS) is 38.3. The van der Waals surface area contributed by atoms with Crippen molar-refractivity contribution in [3.05, 3.63) is 29.8 Å². The number of rotatable bonds is 15. The van der Waals surface area contributed by atoms with Gasteiger partial charge in [-0.3, -0.25) is 9.79 Å². The van der Waals surface area contributed by atoms with Gasteiger partial charge in [-0.05, 0) is 55.8 Å². The molecule has 3 fully saturated rings. The van der Waals surface area contributed by atoms with Crippen LogP contribution in [0.4, 0.5) is 10.1 Å². The summed E-state index contributed by atoms with van der Waals surface area (Å²) < 4.78 is 40.2. The van der Waals surface area contributed by atoms with Gasteiger partial charge in [0.1, 0.15) is 30.5 Å². The molecule has 0 amide bonds. The van der Waals surface area contributed by atoms with Gasteiger partial charge in [0.25, 0.3) is 0 Å². The highest BCUT2D eigenvalue weighted by Crippen LogP contribution is 2.37. The summed E-state index contributed by atoms with van der Waals surface area (Å²) in [7, 11) is 0. The number of carbonyl (C=O) groups is 1. The molecule has 18 N–H and O–H groups in total. The molecule has 2 heterocycles. The summed E-state index contributed by atoms with van der Waals surface area (Å²) in [5, 5.41) is 55.7. The van der Waals surface area contributed by atoms with Crippen LogP contribution in [0.3, 0.4) is 0 Å². The van der Waals surface area contributed by atoms with Crippen LogP contribution < -0.4 is 39.7 Å². The molecule has 0 spiro atoms. The van der Waals surface area contributed by atoms with Gasteiger partial charge in [0, 0.05) is 31.2 Å². The van der Waals surface area contributed by atoms with Gasteiger partial charge in [0.2, 0.25) is 0 Å². The van der Waals surface area contributed by atoms with Crippen LogP contribution in [0.15, 0.2) is 29.3 Å². The Labute approximate surface area is 295 Å². The van der Waals surface area contributed by atoms with Gasteiger partial charge in [-0.1, -0.05) is 12.1 Å². The molecular formula is C32H55FN8O10.